The van der Waals surface area contributed by atoms with Gasteiger partial charge in [0, 0.05) is 12.8 Å². The lowest BCUT2D eigenvalue weighted by atomic mass is 10.0. The molecule has 0 bridgehead atoms. The molecule has 0 heterocycles. The molecule has 9 nitrogen and oxygen atoms in total. The highest BCUT2D eigenvalue weighted by molar-refractivity contribution is 5.71. The highest BCUT2D eigenvalue weighted by Gasteiger charge is 2.25. The largest absolute Gasteiger partial charge is 0.477 e. The highest BCUT2D eigenvalue weighted by Crippen LogP contribution is 2.19. The Kier molecular flexibility index (Phi) is 63.5. The molecule has 0 aromatic rings. The molecule has 0 rings (SSSR count). The van der Waals surface area contributed by atoms with E-state index in [4.69, 9.17) is 18.9 Å². The summed E-state index contributed by atoms with van der Waals surface area (Å²) < 4.78 is 23.0. The van der Waals surface area contributed by atoms with Crippen molar-refractivity contribution in [2.24, 2.45) is 0 Å². The summed E-state index contributed by atoms with van der Waals surface area (Å²) in [5.74, 6) is -1.97. The molecule has 1 N–H and O–H groups in total. The van der Waals surface area contributed by atoms with Gasteiger partial charge in [0.1, 0.15) is 13.2 Å². The van der Waals surface area contributed by atoms with Crippen LogP contribution in [0.1, 0.15) is 361 Å². The van der Waals surface area contributed by atoms with Gasteiger partial charge in [0.2, 0.25) is 0 Å². The summed E-state index contributed by atoms with van der Waals surface area (Å²) in [5, 5.41) is 9.73. The van der Waals surface area contributed by atoms with Crippen molar-refractivity contribution < 1.29 is 42.9 Å². The topological polar surface area (TPSA) is 108 Å². The van der Waals surface area contributed by atoms with Crippen molar-refractivity contribution in [1.82, 2.24) is 0 Å². The minimum absolute atomic E-state index is 0.174. The van der Waals surface area contributed by atoms with Gasteiger partial charge in [-0.2, -0.15) is 0 Å². The van der Waals surface area contributed by atoms with Crippen LogP contribution in [0.15, 0.2) is 36.5 Å². The van der Waals surface area contributed by atoms with Crippen molar-refractivity contribution in [3.05, 3.63) is 36.5 Å². The monoisotopic (exact) mass is 1170 g/mol. The van der Waals surface area contributed by atoms with Crippen LogP contribution in [0.5, 0.6) is 0 Å². The Hall–Kier alpha value is -2.49. The Morgan fingerprint density at radius 1 is 0.361 bits per heavy atom. The van der Waals surface area contributed by atoms with E-state index in [2.05, 4.69) is 50.3 Å². The summed E-state index contributed by atoms with van der Waals surface area (Å²) in [5.41, 5.74) is 0. The third kappa shape index (κ3) is 66.9. The molecule has 0 saturated heterocycles. The number of allylic oxidation sites excluding steroid dienone is 6. The molecule has 488 valence electrons. The number of hydrogen-bond acceptors (Lipinski definition) is 7. The number of carbonyl (C=O) groups is 3. The normalized spacial score (nSPS) is 12.8. The van der Waals surface area contributed by atoms with Gasteiger partial charge in [0.25, 0.3) is 6.29 Å². The summed E-state index contributed by atoms with van der Waals surface area (Å²) in [4.78, 5) is 37.5. The van der Waals surface area contributed by atoms with Crippen molar-refractivity contribution in [3.8, 4) is 0 Å². The average molecular weight is 1170 g/mol. The number of ether oxygens (including phenoxy) is 4. The molecule has 0 spiro atoms. The zero-order valence-corrected chi connectivity index (χ0v) is 55.9. The van der Waals surface area contributed by atoms with E-state index in [-0.39, 0.29) is 38.2 Å². The first-order valence-corrected chi connectivity index (χ1v) is 36.2. The fraction of sp³-hybridized carbons (Fsp3) is 0.878. The molecule has 0 fully saturated rings. The van der Waals surface area contributed by atoms with E-state index in [0.717, 1.165) is 51.4 Å². The fourth-order valence-corrected chi connectivity index (χ4v) is 10.8. The van der Waals surface area contributed by atoms with Gasteiger partial charge in [0.05, 0.1) is 34.4 Å². The number of carboxylic acid groups (broad SMARTS) is 1. The minimum Gasteiger partial charge on any atom is -0.477 e. The molecule has 0 amide bonds. The van der Waals surface area contributed by atoms with Gasteiger partial charge in [-0.3, -0.25) is 9.59 Å². The molecule has 0 aromatic carbocycles. The van der Waals surface area contributed by atoms with E-state index in [0.29, 0.717) is 17.4 Å². The zero-order valence-electron chi connectivity index (χ0n) is 55.9. The summed E-state index contributed by atoms with van der Waals surface area (Å²) in [6.45, 7) is 4.93. The summed E-state index contributed by atoms with van der Waals surface area (Å²) >= 11 is 0. The maximum atomic E-state index is 12.9. The number of rotatable bonds is 68. The first-order valence-electron chi connectivity index (χ1n) is 36.2. The maximum absolute atomic E-state index is 12.9. The summed E-state index contributed by atoms with van der Waals surface area (Å²) in [7, 11) is 5.99. The van der Waals surface area contributed by atoms with Crippen LogP contribution in [-0.4, -0.2) is 87.4 Å². The standard InChI is InChI=1S/C74H139NO8/c1-6-8-10-12-14-16-18-20-22-24-25-26-27-28-29-30-31-32-33-34-35-36-37-38-39-40-41-42-43-44-45-46-47-49-51-53-55-57-59-61-63-65-72(77)83-70(69-82-74(73(78)79)80-67-66-75(3,4)5)68-81-71(76)64-62-60-58-56-54-52-50-48-23-21-19-17-15-13-11-9-7-2/h18,20,24-25,27-28,70,74H,6-17,19,21-23,26,29-69H2,1-5H3/p+1/b20-18-,25-24-,28-27-. The van der Waals surface area contributed by atoms with E-state index < -0.39 is 18.4 Å². The van der Waals surface area contributed by atoms with Crippen LogP contribution in [0.2, 0.25) is 0 Å². The number of aliphatic carboxylic acids is 1. The first-order chi connectivity index (χ1) is 40.6. The zero-order chi connectivity index (χ0) is 60.5. The van der Waals surface area contributed by atoms with Crippen molar-refractivity contribution in [3.63, 3.8) is 0 Å². The van der Waals surface area contributed by atoms with Crippen LogP contribution in [0.3, 0.4) is 0 Å². The molecule has 9 heteroatoms. The number of nitrogens with zero attached hydrogens (tertiary/aromatic N) is 1. The average Bonchev–Trinajstić information content (AvgIpc) is 3.46. The lowest BCUT2D eigenvalue weighted by Crippen LogP contribution is -2.40. The number of hydrogen-bond donors (Lipinski definition) is 1. The molecule has 0 radical (unpaired) electrons. The molecule has 0 aromatic heterocycles. The van der Waals surface area contributed by atoms with E-state index in [1.165, 1.54) is 283 Å². The highest BCUT2D eigenvalue weighted by atomic mass is 16.7. The molecule has 0 saturated carbocycles. The number of esters is 2. The smallest absolute Gasteiger partial charge is 0.361 e. The molecular weight excluding hydrogens is 1030 g/mol. The molecule has 0 aliphatic heterocycles. The van der Waals surface area contributed by atoms with Crippen LogP contribution in [0, 0.1) is 0 Å². The van der Waals surface area contributed by atoms with E-state index in [9.17, 15) is 19.5 Å². The molecule has 0 aliphatic rings. The molecular formula is C74H140NO8+. The van der Waals surface area contributed by atoms with Crippen molar-refractivity contribution in [2.75, 3.05) is 47.5 Å². The second-order valence-corrected chi connectivity index (χ2v) is 25.9. The van der Waals surface area contributed by atoms with Gasteiger partial charge >= 0.3 is 17.9 Å². The van der Waals surface area contributed by atoms with Gasteiger partial charge in [0.15, 0.2) is 6.10 Å². The van der Waals surface area contributed by atoms with Crippen LogP contribution in [-0.2, 0) is 33.3 Å². The number of likely N-dealkylation sites (N-methyl/N-ethyl adjacent to an activating group) is 1. The molecule has 83 heavy (non-hydrogen) atoms. The quantitative estimate of drug-likeness (QED) is 0.0211. The number of carboxylic acids is 1. The van der Waals surface area contributed by atoms with E-state index in [1.54, 1.807) is 0 Å². The Morgan fingerprint density at radius 3 is 0.964 bits per heavy atom. The maximum Gasteiger partial charge on any atom is 0.361 e. The van der Waals surface area contributed by atoms with Crippen molar-refractivity contribution in [1.29, 1.82) is 0 Å². The first kappa shape index (κ1) is 80.5. The van der Waals surface area contributed by atoms with Gasteiger partial charge in [-0.25, -0.2) is 4.79 Å². The van der Waals surface area contributed by atoms with Gasteiger partial charge < -0.3 is 28.5 Å². The van der Waals surface area contributed by atoms with Crippen LogP contribution >= 0.6 is 0 Å². The number of quaternary nitrogens is 1. The van der Waals surface area contributed by atoms with E-state index in [1.807, 2.05) is 21.1 Å². The van der Waals surface area contributed by atoms with E-state index >= 15 is 0 Å². The van der Waals surface area contributed by atoms with Crippen molar-refractivity contribution >= 4 is 17.9 Å². The summed E-state index contributed by atoms with van der Waals surface area (Å²) in [6, 6.07) is 0. The Bertz CT molecular complexity index is 1450. The molecule has 2 unspecified atom stereocenters. The van der Waals surface area contributed by atoms with Crippen LogP contribution in [0.4, 0.5) is 0 Å². The molecule has 2 atom stereocenters. The Labute approximate surface area is 515 Å². The third-order valence-corrected chi connectivity index (χ3v) is 16.4. The third-order valence-electron chi connectivity index (χ3n) is 16.4. The second kappa shape index (κ2) is 65.5. The summed E-state index contributed by atoms with van der Waals surface area (Å²) in [6.07, 6.45) is 80.0. The lowest BCUT2D eigenvalue weighted by Gasteiger charge is -2.25. The fourth-order valence-electron chi connectivity index (χ4n) is 10.8. The predicted octanol–water partition coefficient (Wildman–Crippen LogP) is 22.4. The Balaban J connectivity index is 3.92. The van der Waals surface area contributed by atoms with Gasteiger partial charge in [-0.15, -0.1) is 0 Å². The Morgan fingerprint density at radius 2 is 0.651 bits per heavy atom. The lowest BCUT2D eigenvalue weighted by molar-refractivity contribution is -0.870. The molecule has 0 aliphatic carbocycles. The van der Waals surface area contributed by atoms with Gasteiger partial charge in [-0.05, 0) is 51.4 Å². The second-order valence-electron chi connectivity index (χ2n) is 25.9. The predicted molar refractivity (Wildman–Crippen MR) is 355 cm³/mol. The van der Waals surface area contributed by atoms with Crippen molar-refractivity contribution in [2.45, 2.75) is 373 Å². The number of carbonyl (C=O) groups excluding carboxylic acids is 2. The SMILES string of the molecule is CCCCCCC/C=C\C/C=C\C/C=C\CCCCCCCCCCCCCCCCCCCCCCCCCCCCC(=O)OC(COC(=O)CCCCCCCCCCCCCCCCCCC)COC(OCC[N+](C)(C)C)C(=O)O. The van der Waals surface area contributed by atoms with Crippen LogP contribution in [0.25, 0.3) is 0 Å². The number of unbranched alkanes of at least 4 members (excludes halogenated alkanes) is 47. The van der Waals surface area contributed by atoms with Gasteiger partial charge in [-0.1, -0.05) is 333 Å². The minimum atomic E-state index is -1.51. The van der Waals surface area contributed by atoms with Crippen LogP contribution < -0.4 is 0 Å².